The fourth-order valence-electron chi connectivity index (χ4n) is 3.14. The Morgan fingerprint density at radius 1 is 1.42 bits per heavy atom. The lowest BCUT2D eigenvalue weighted by Crippen LogP contribution is -2.49. The second kappa shape index (κ2) is 5.78. The highest BCUT2D eigenvalue weighted by Crippen LogP contribution is 2.32. The molecule has 2 aliphatic rings. The fourth-order valence-corrected chi connectivity index (χ4v) is 3.14. The monoisotopic (exact) mass is 261 g/mol. The molecule has 0 aromatic carbocycles. The fraction of sp³-hybridized carbons (Fsp3) is 0.667. The first-order valence-corrected chi connectivity index (χ1v) is 7.47. The number of hydrogen-bond acceptors (Lipinski definition) is 4. The number of fused-ring (bicyclic) bond motifs is 1. The van der Waals surface area contributed by atoms with Crippen molar-refractivity contribution in [2.75, 3.05) is 29.9 Å². The molecular weight excluding hydrogens is 238 g/mol. The number of anilines is 2. The quantitative estimate of drug-likeness (QED) is 0.904. The van der Waals surface area contributed by atoms with Crippen molar-refractivity contribution in [3.05, 3.63) is 18.2 Å². The van der Waals surface area contributed by atoms with Crippen LogP contribution in [0.5, 0.6) is 0 Å². The molecule has 1 aromatic heterocycles. The number of pyridine rings is 1. The van der Waals surface area contributed by atoms with E-state index < -0.39 is 0 Å². The van der Waals surface area contributed by atoms with Gasteiger partial charge < -0.3 is 15.0 Å². The summed E-state index contributed by atoms with van der Waals surface area (Å²) in [7, 11) is 0. The van der Waals surface area contributed by atoms with E-state index in [2.05, 4.69) is 29.3 Å². The number of ether oxygens (including phenoxy) is 1. The Morgan fingerprint density at radius 2 is 2.37 bits per heavy atom. The average molecular weight is 261 g/mol. The predicted octanol–water partition coefficient (Wildman–Crippen LogP) is 2.66. The normalized spacial score (nSPS) is 26.3. The summed E-state index contributed by atoms with van der Waals surface area (Å²) in [6, 6.07) is 6.80. The number of nitrogens with zero attached hydrogens (tertiary/aromatic N) is 2. The third-order valence-corrected chi connectivity index (χ3v) is 4.07. The molecule has 3 rings (SSSR count). The second-order valence-electron chi connectivity index (χ2n) is 5.41. The molecular formula is C15H23N3O. The lowest BCUT2D eigenvalue weighted by Gasteiger charge is -2.38. The molecule has 1 N–H and O–H groups in total. The largest absolute Gasteiger partial charge is 0.374 e. The van der Waals surface area contributed by atoms with Crippen LogP contribution in [0.2, 0.25) is 0 Å². The molecule has 0 bridgehead atoms. The molecule has 0 amide bonds. The summed E-state index contributed by atoms with van der Waals surface area (Å²) < 4.78 is 5.86. The molecule has 0 spiro atoms. The van der Waals surface area contributed by atoms with Gasteiger partial charge in [-0.25, -0.2) is 4.98 Å². The van der Waals surface area contributed by atoms with Crippen molar-refractivity contribution in [1.29, 1.82) is 0 Å². The Morgan fingerprint density at radius 3 is 3.26 bits per heavy atom. The molecule has 19 heavy (non-hydrogen) atoms. The van der Waals surface area contributed by atoms with Crippen molar-refractivity contribution in [3.63, 3.8) is 0 Å². The Labute approximate surface area is 115 Å². The van der Waals surface area contributed by atoms with Crippen LogP contribution in [0.15, 0.2) is 18.2 Å². The number of rotatable bonds is 4. The van der Waals surface area contributed by atoms with E-state index in [0.717, 1.165) is 37.8 Å². The Hall–Kier alpha value is -1.29. The molecule has 4 nitrogen and oxygen atoms in total. The number of aromatic nitrogens is 1. The van der Waals surface area contributed by atoms with Gasteiger partial charge in [0.1, 0.15) is 11.6 Å². The topological polar surface area (TPSA) is 37.4 Å². The standard InChI is InChI=1S/C15H23N3O/c1-2-9-16-14-7-4-8-15(17-14)18-10-11-19-13-6-3-5-12(13)18/h4,7-8,12-13H,2-3,5-6,9-11H2,1H3,(H,16,17). The highest BCUT2D eigenvalue weighted by atomic mass is 16.5. The van der Waals surface area contributed by atoms with Gasteiger partial charge in [-0.1, -0.05) is 13.0 Å². The van der Waals surface area contributed by atoms with E-state index in [1.54, 1.807) is 0 Å². The summed E-state index contributed by atoms with van der Waals surface area (Å²) in [6.45, 7) is 4.94. The lowest BCUT2D eigenvalue weighted by atomic mass is 10.1. The first-order valence-electron chi connectivity index (χ1n) is 7.47. The summed E-state index contributed by atoms with van der Waals surface area (Å²) in [5, 5.41) is 3.36. The van der Waals surface area contributed by atoms with Crippen LogP contribution < -0.4 is 10.2 Å². The highest BCUT2D eigenvalue weighted by molar-refractivity contribution is 5.48. The molecule has 1 aromatic rings. The minimum Gasteiger partial charge on any atom is -0.374 e. The molecule has 2 fully saturated rings. The number of hydrogen-bond donors (Lipinski definition) is 1. The van der Waals surface area contributed by atoms with Gasteiger partial charge in [0.05, 0.1) is 18.8 Å². The second-order valence-corrected chi connectivity index (χ2v) is 5.41. The van der Waals surface area contributed by atoms with E-state index in [-0.39, 0.29) is 0 Å². The van der Waals surface area contributed by atoms with Crippen LogP contribution in [-0.4, -0.2) is 36.8 Å². The zero-order valence-electron chi connectivity index (χ0n) is 11.6. The molecule has 2 heterocycles. The van der Waals surface area contributed by atoms with Crippen molar-refractivity contribution in [1.82, 2.24) is 4.98 Å². The van der Waals surface area contributed by atoms with Crippen LogP contribution in [0.4, 0.5) is 11.6 Å². The van der Waals surface area contributed by atoms with E-state index in [0.29, 0.717) is 12.1 Å². The molecule has 1 aliphatic heterocycles. The molecule has 0 radical (unpaired) electrons. The van der Waals surface area contributed by atoms with Gasteiger partial charge in [0.2, 0.25) is 0 Å². The van der Waals surface area contributed by atoms with Crippen LogP contribution in [0.1, 0.15) is 32.6 Å². The molecule has 1 saturated heterocycles. The number of nitrogens with one attached hydrogen (secondary N) is 1. The Bertz CT molecular complexity index is 424. The number of morpholine rings is 1. The minimum atomic E-state index is 0.419. The van der Waals surface area contributed by atoms with Crippen molar-refractivity contribution < 1.29 is 4.74 Å². The maximum absolute atomic E-state index is 5.86. The molecule has 104 valence electrons. The van der Waals surface area contributed by atoms with E-state index in [1.807, 2.05) is 6.07 Å². The van der Waals surface area contributed by atoms with Gasteiger partial charge in [-0.15, -0.1) is 0 Å². The van der Waals surface area contributed by atoms with Gasteiger partial charge in [0.25, 0.3) is 0 Å². The van der Waals surface area contributed by atoms with E-state index in [4.69, 9.17) is 9.72 Å². The molecule has 2 atom stereocenters. The van der Waals surface area contributed by atoms with Gasteiger partial charge in [0, 0.05) is 13.1 Å². The Kier molecular flexibility index (Phi) is 3.87. The van der Waals surface area contributed by atoms with Crippen molar-refractivity contribution in [2.24, 2.45) is 0 Å². The zero-order chi connectivity index (χ0) is 13.1. The van der Waals surface area contributed by atoms with Gasteiger partial charge in [-0.2, -0.15) is 0 Å². The van der Waals surface area contributed by atoms with Gasteiger partial charge in [-0.3, -0.25) is 0 Å². The highest BCUT2D eigenvalue weighted by Gasteiger charge is 2.36. The molecule has 4 heteroatoms. The van der Waals surface area contributed by atoms with Gasteiger partial charge in [-0.05, 0) is 37.8 Å². The molecule has 1 aliphatic carbocycles. The van der Waals surface area contributed by atoms with Crippen molar-refractivity contribution >= 4 is 11.6 Å². The minimum absolute atomic E-state index is 0.419. The maximum Gasteiger partial charge on any atom is 0.131 e. The lowest BCUT2D eigenvalue weighted by molar-refractivity contribution is 0.0253. The molecule has 1 saturated carbocycles. The average Bonchev–Trinajstić information content (AvgIpc) is 2.93. The van der Waals surface area contributed by atoms with E-state index >= 15 is 0 Å². The van der Waals surface area contributed by atoms with Gasteiger partial charge >= 0.3 is 0 Å². The zero-order valence-corrected chi connectivity index (χ0v) is 11.6. The smallest absolute Gasteiger partial charge is 0.131 e. The predicted molar refractivity (Wildman–Crippen MR) is 77.7 cm³/mol. The summed E-state index contributed by atoms with van der Waals surface area (Å²) in [5.74, 6) is 2.08. The Balaban J connectivity index is 1.76. The van der Waals surface area contributed by atoms with Gasteiger partial charge in [0.15, 0.2) is 0 Å². The first kappa shape index (κ1) is 12.7. The summed E-state index contributed by atoms with van der Waals surface area (Å²) >= 11 is 0. The first-order chi connectivity index (χ1) is 9.38. The van der Waals surface area contributed by atoms with Crippen molar-refractivity contribution in [2.45, 2.75) is 44.8 Å². The summed E-state index contributed by atoms with van der Waals surface area (Å²) in [4.78, 5) is 7.20. The van der Waals surface area contributed by atoms with Crippen LogP contribution in [-0.2, 0) is 4.74 Å². The SMILES string of the molecule is CCCNc1cccc(N2CCOC3CCCC32)n1. The van der Waals surface area contributed by atoms with Crippen LogP contribution in [0, 0.1) is 0 Å². The van der Waals surface area contributed by atoms with E-state index in [1.165, 1.54) is 19.3 Å². The maximum atomic E-state index is 5.86. The molecule has 2 unspecified atom stereocenters. The van der Waals surface area contributed by atoms with Crippen LogP contribution in [0.25, 0.3) is 0 Å². The van der Waals surface area contributed by atoms with Crippen LogP contribution >= 0.6 is 0 Å². The third kappa shape index (κ3) is 2.68. The van der Waals surface area contributed by atoms with E-state index in [9.17, 15) is 0 Å². The van der Waals surface area contributed by atoms with Crippen molar-refractivity contribution in [3.8, 4) is 0 Å². The third-order valence-electron chi connectivity index (χ3n) is 4.07. The summed E-state index contributed by atoms with van der Waals surface area (Å²) in [5.41, 5.74) is 0. The van der Waals surface area contributed by atoms with Crippen LogP contribution in [0.3, 0.4) is 0 Å². The summed E-state index contributed by atoms with van der Waals surface area (Å²) in [6.07, 6.45) is 5.25.